The number of amides is 2. The minimum atomic E-state index is -0.507. The van der Waals surface area contributed by atoms with E-state index in [1.165, 1.54) is 24.3 Å². The highest BCUT2D eigenvalue weighted by atomic mass is 16.6. The van der Waals surface area contributed by atoms with Crippen LogP contribution in [-0.2, 0) is 11.3 Å². The summed E-state index contributed by atoms with van der Waals surface area (Å²) >= 11 is 0. The average molecular weight is 391 g/mol. The fourth-order valence-electron chi connectivity index (χ4n) is 2.63. The standard InChI is InChI=1S/C21H18N4O4/c1-15-4-6-17(7-5-15)22-20(26)14-24-12-2-3-16(13-24)21(27)23-18-8-10-19(11-9-18)25(28)29/h2-13H,14H2,1H3,(H-,22,23,26,27)/p+1. The number of non-ortho nitro benzene ring substituents is 1. The van der Waals surface area contributed by atoms with E-state index in [1.807, 2.05) is 31.2 Å². The highest BCUT2D eigenvalue weighted by Gasteiger charge is 2.15. The van der Waals surface area contributed by atoms with Gasteiger partial charge in [0.2, 0.25) is 6.54 Å². The molecule has 146 valence electrons. The van der Waals surface area contributed by atoms with Crippen molar-refractivity contribution in [3.63, 3.8) is 0 Å². The maximum atomic E-state index is 12.4. The van der Waals surface area contributed by atoms with Crippen molar-refractivity contribution in [1.82, 2.24) is 0 Å². The zero-order chi connectivity index (χ0) is 20.8. The predicted octanol–water partition coefficient (Wildman–Crippen LogP) is 3.08. The largest absolute Gasteiger partial charge is 0.322 e. The Labute approximate surface area is 167 Å². The van der Waals surface area contributed by atoms with Gasteiger partial charge in [-0.25, -0.2) is 0 Å². The lowest BCUT2D eigenvalue weighted by Crippen LogP contribution is -2.40. The van der Waals surface area contributed by atoms with Crippen molar-refractivity contribution in [1.29, 1.82) is 0 Å². The molecule has 8 nitrogen and oxygen atoms in total. The van der Waals surface area contributed by atoms with Crippen molar-refractivity contribution in [2.45, 2.75) is 13.5 Å². The van der Waals surface area contributed by atoms with Crippen LogP contribution in [0.15, 0.2) is 73.1 Å². The number of nitrogens with zero attached hydrogens (tertiary/aromatic N) is 2. The van der Waals surface area contributed by atoms with Gasteiger partial charge in [-0.1, -0.05) is 17.7 Å². The number of hydrogen-bond acceptors (Lipinski definition) is 4. The van der Waals surface area contributed by atoms with Crippen molar-refractivity contribution in [2.75, 3.05) is 10.6 Å². The van der Waals surface area contributed by atoms with E-state index in [-0.39, 0.29) is 24.0 Å². The molecule has 0 unspecified atom stereocenters. The normalized spacial score (nSPS) is 10.2. The molecule has 0 aliphatic heterocycles. The Hall–Kier alpha value is -4.07. The number of anilines is 2. The van der Waals surface area contributed by atoms with Crippen molar-refractivity contribution < 1.29 is 19.1 Å². The number of carbonyl (C=O) groups is 2. The van der Waals surface area contributed by atoms with Crippen molar-refractivity contribution in [3.05, 3.63) is 94.3 Å². The molecule has 0 bridgehead atoms. The number of aryl methyl sites for hydroxylation is 1. The lowest BCUT2D eigenvalue weighted by molar-refractivity contribution is -0.684. The first-order valence-electron chi connectivity index (χ1n) is 8.82. The molecule has 0 radical (unpaired) electrons. The van der Waals surface area contributed by atoms with Crippen molar-refractivity contribution in [3.8, 4) is 0 Å². The Balaban J connectivity index is 1.63. The SMILES string of the molecule is Cc1ccc(NC(=O)C[n+]2cccc(C(=O)Nc3ccc([N+](=O)[O-])cc3)c2)cc1. The van der Waals surface area contributed by atoms with Gasteiger partial charge in [-0.15, -0.1) is 0 Å². The van der Waals surface area contributed by atoms with Gasteiger partial charge in [0.15, 0.2) is 12.4 Å². The molecule has 0 fully saturated rings. The first-order valence-corrected chi connectivity index (χ1v) is 8.82. The summed E-state index contributed by atoms with van der Waals surface area (Å²) in [6, 6.07) is 16.3. The van der Waals surface area contributed by atoms with Crippen molar-refractivity contribution >= 4 is 28.9 Å². The summed E-state index contributed by atoms with van der Waals surface area (Å²) in [5.74, 6) is -0.598. The molecule has 0 aliphatic rings. The van der Waals surface area contributed by atoms with Crippen LogP contribution >= 0.6 is 0 Å². The van der Waals surface area contributed by atoms with Crippen LogP contribution < -0.4 is 15.2 Å². The predicted molar refractivity (Wildman–Crippen MR) is 107 cm³/mol. The summed E-state index contributed by atoms with van der Waals surface area (Å²) in [6.45, 7) is 2.02. The van der Waals surface area contributed by atoms with Crippen LogP contribution in [0.5, 0.6) is 0 Å². The molecule has 2 aromatic carbocycles. The number of rotatable bonds is 6. The third-order valence-electron chi connectivity index (χ3n) is 4.12. The highest BCUT2D eigenvalue weighted by molar-refractivity contribution is 6.03. The molecule has 0 saturated carbocycles. The minimum Gasteiger partial charge on any atom is -0.322 e. The van der Waals surface area contributed by atoms with Gasteiger partial charge >= 0.3 is 0 Å². The topological polar surface area (TPSA) is 105 Å². The molecule has 3 aromatic rings. The number of nitrogens with one attached hydrogen (secondary N) is 2. The second-order valence-corrected chi connectivity index (χ2v) is 6.44. The third-order valence-corrected chi connectivity index (χ3v) is 4.12. The van der Waals surface area contributed by atoms with E-state index in [4.69, 9.17) is 0 Å². The highest BCUT2D eigenvalue weighted by Crippen LogP contribution is 2.16. The van der Waals surface area contributed by atoms with Gasteiger partial charge in [-0.3, -0.25) is 19.7 Å². The fourth-order valence-corrected chi connectivity index (χ4v) is 2.63. The first kappa shape index (κ1) is 19.7. The van der Waals surface area contributed by atoms with Crippen LogP contribution in [0, 0.1) is 17.0 Å². The van der Waals surface area contributed by atoms with Crippen molar-refractivity contribution in [2.24, 2.45) is 0 Å². The molecule has 3 rings (SSSR count). The minimum absolute atomic E-state index is 0.0481. The molecular weight excluding hydrogens is 372 g/mol. The first-order chi connectivity index (χ1) is 13.9. The molecule has 0 aliphatic carbocycles. The maximum absolute atomic E-state index is 12.4. The smallest absolute Gasteiger partial charge is 0.290 e. The Bertz CT molecular complexity index is 1050. The average Bonchev–Trinajstić information content (AvgIpc) is 2.70. The van der Waals surface area contributed by atoms with Gasteiger partial charge in [0.05, 0.1) is 4.92 Å². The molecule has 1 aromatic heterocycles. The second-order valence-electron chi connectivity index (χ2n) is 6.44. The van der Waals surface area contributed by atoms with E-state index in [0.29, 0.717) is 16.9 Å². The van der Waals surface area contributed by atoms with Gasteiger partial charge < -0.3 is 10.6 Å². The van der Waals surface area contributed by atoms with E-state index >= 15 is 0 Å². The van der Waals surface area contributed by atoms with Crippen LogP contribution in [0.3, 0.4) is 0 Å². The Morgan fingerprint density at radius 1 is 0.966 bits per heavy atom. The van der Waals surface area contributed by atoms with Gasteiger partial charge in [0.1, 0.15) is 5.56 Å². The van der Waals surface area contributed by atoms with E-state index in [2.05, 4.69) is 10.6 Å². The molecular formula is C21H19N4O4+. The van der Waals surface area contributed by atoms with Crippen LogP contribution in [-0.4, -0.2) is 16.7 Å². The van der Waals surface area contributed by atoms with E-state index in [1.54, 1.807) is 29.1 Å². The number of nitro benzene ring substituents is 1. The number of hydrogen-bond donors (Lipinski definition) is 2. The lowest BCUT2D eigenvalue weighted by Gasteiger charge is -2.05. The summed E-state index contributed by atoms with van der Waals surface area (Å²) in [6.07, 6.45) is 3.26. The molecule has 0 spiro atoms. The monoisotopic (exact) mass is 391 g/mol. The zero-order valence-electron chi connectivity index (χ0n) is 15.7. The molecule has 2 amide bonds. The van der Waals surface area contributed by atoms with E-state index in [9.17, 15) is 19.7 Å². The summed E-state index contributed by atoms with van der Waals surface area (Å²) in [7, 11) is 0. The fraction of sp³-hybridized carbons (Fsp3) is 0.0952. The molecule has 2 N–H and O–H groups in total. The van der Waals surface area contributed by atoms with Crippen LogP contribution in [0.1, 0.15) is 15.9 Å². The number of pyridine rings is 1. The summed E-state index contributed by atoms with van der Waals surface area (Å²) in [5.41, 5.74) is 2.54. The second kappa shape index (κ2) is 8.75. The molecule has 1 heterocycles. The Morgan fingerprint density at radius 3 is 2.24 bits per heavy atom. The summed E-state index contributed by atoms with van der Waals surface area (Å²) < 4.78 is 1.61. The number of nitro groups is 1. The number of carbonyl (C=O) groups excluding carboxylic acids is 2. The molecule has 29 heavy (non-hydrogen) atoms. The summed E-state index contributed by atoms with van der Waals surface area (Å²) in [5, 5.41) is 16.2. The number of aromatic nitrogens is 1. The van der Waals surface area contributed by atoms with E-state index in [0.717, 1.165) is 5.56 Å². The van der Waals surface area contributed by atoms with Crippen LogP contribution in [0.4, 0.5) is 17.1 Å². The Kier molecular flexibility index (Phi) is 5.94. The maximum Gasteiger partial charge on any atom is 0.290 e. The van der Waals surface area contributed by atoms with Gasteiger partial charge in [-0.2, -0.15) is 4.57 Å². The lowest BCUT2D eigenvalue weighted by atomic mass is 10.2. The van der Waals surface area contributed by atoms with Gasteiger partial charge in [-0.05, 0) is 37.3 Å². The van der Waals surface area contributed by atoms with Crippen LogP contribution in [0.2, 0.25) is 0 Å². The zero-order valence-corrected chi connectivity index (χ0v) is 15.7. The molecule has 0 atom stereocenters. The van der Waals surface area contributed by atoms with E-state index < -0.39 is 4.92 Å². The van der Waals surface area contributed by atoms with Gasteiger partial charge in [0, 0.05) is 29.6 Å². The third kappa shape index (κ3) is 5.46. The molecule has 8 heteroatoms. The quantitative estimate of drug-likeness (QED) is 0.383. The summed E-state index contributed by atoms with van der Waals surface area (Å²) in [4.78, 5) is 34.9. The van der Waals surface area contributed by atoms with Gasteiger partial charge in [0.25, 0.3) is 17.5 Å². The number of benzene rings is 2. The Morgan fingerprint density at radius 2 is 1.59 bits per heavy atom. The van der Waals surface area contributed by atoms with Crippen LogP contribution in [0.25, 0.3) is 0 Å². The molecule has 0 saturated heterocycles.